The molecule has 0 aromatic rings. The van der Waals surface area contributed by atoms with Crippen LogP contribution in [0.25, 0.3) is 0 Å². The molecule has 1 unspecified atom stereocenters. The van der Waals surface area contributed by atoms with Crippen LogP contribution in [0.1, 0.15) is 278 Å². The maximum absolute atomic E-state index is 12.9. The lowest BCUT2D eigenvalue weighted by Crippen LogP contribution is -2.30. The van der Waals surface area contributed by atoms with E-state index in [1.807, 2.05) is 0 Å². The van der Waals surface area contributed by atoms with Crippen LogP contribution < -0.4 is 0 Å². The van der Waals surface area contributed by atoms with Crippen LogP contribution in [0.4, 0.5) is 0 Å². The van der Waals surface area contributed by atoms with Crippen LogP contribution in [-0.2, 0) is 28.6 Å². The summed E-state index contributed by atoms with van der Waals surface area (Å²) >= 11 is 0. The zero-order valence-electron chi connectivity index (χ0n) is 47.6. The van der Waals surface area contributed by atoms with Crippen LogP contribution in [0.2, 0.25) is 0 Å². The Morgan fingerprint density at radius 2 is 0.534 bits per heavy atom. The third-order valence-corrected chi connectivity index (χ3v) is 12.7. The summed E-state index contributed by atoms with van der Waals surface area (Å²) < 4.78 is 16.9. The molecular weight excluding hydrogens is 901 g/mol. The summed E-state index contributed by atoms with van der Waals surface area (Å²) in [6.07, 6.45) is 82.2. The second-order valence-electron chi connectivity index (χ2n) is 19.8. The van der Waals surface area contributed by atoms with E-state index in [-0.39, 0.29) is 31.1 Å². The van der Waals surface area contributed by atoms with Gasteiger partial charge in [0.05, 0.1) is 0 Å². The molecule has 0 aromatic carbocycles. The smallest absolute Gasteiger partial charge is 0.306 e. The van der Waals surface area contributed by atoms with E-state index >= 15 is 0 Å². The van der Waals surface area contributed by atoms with Gasteiger partial charge in [0.2, 0.25) is 0 Å². The lowest BCUT2D eigenvalue weighted by atomic mass is 10.1. The molecule has 0 rings (SSSR count). The van der Waals surface area contributed by atoms with Crippen molar-refractivity contribution in [2.24, 2.45) is 0 Å². The van der Waals surface area contributed by atoms with E-state index in [2.05, 4.69) is 130 Å². The molecule has 0 N–H and O–H groups in total. The van der Waals surface area contributed by atoms with Crippen LogP contribution in [0.5, 0.6) is 0 Å². The van der Waals surface area contributed by atoms with E-state index in [0.29, 0.717) is 19.3 Å². The molecule has 1 atom stereocenters. The first-order valence-corrected chi connectivity index (χ1v) is 30.4. The topological polar surface area (TPSA) is 78.9 Å². The Balaban J connectivity index is 4.39. The molecule has 73 heavy (non-hydrogen) atoms. The fraction of sp³-hybridized carbons (Fsp3) is 0.687. The summed E-state index contributed by atoms with van der Waals surface area (Å²) in [5, 5.41) is 0. The fourth-order valence-electron chi connectivity index (χ4n) is 8.24. The van der Waals surface area contributed by atoms with Gasteiger partial charge in [-0.05, 0) is 122 Å². The normalized spacial score (nSPS) is 12.9. The van der Waals surface area contributed by atoms with E-state index in [4.69, 9.17) is 14.2 Å². The summed E-state index contributed by atoms with van der Waals surface area (Å²) in [5.41, 5.74) is 0. The molecule has 0 saturated carbocycles. The van der Waals surface area contributed by atoms with Gasteiger partial charge >= 0.3 is 17.9 Å². The van der Waals surface area contributed by atoms with Gasteiger partial charge in [-0.2, -0.15) is 0 Å². The number of allylic oxidation sites excluding steroid dienone is 18. The van der Waals surface area contributed by atoms with Gasteiger partial charge < -0.3 is 14.2 Å². The number of ether oxygens (including phenoxy) is 3. The minimum atomic E-state index is -0.794. The number of hydrogen-bond donors (Lipinski definition) is 0. The maximum Gasteiger partial charge on any atom is 0.306 e. The monoisotopic (exact) mass is 1010 g/mol. The van der Waals surface area contributed by atoms with Gasteiger partial charge in [0.1, 0.15) is 13.2 Å². The predicted octanol–water partition coefficient (Wildman–Crippen LogP) is 20.7. The maximum atomic E-state index is 12.9. The van der Waals surface area contributed by atoms with E-state index in [1.165, 1.54) is 103 Å². The Kier molecular flexibility index (Phi) is 57.4. The summed E-state index contributed by atoms with van der Waals surface area (Å²) in [7, 11) is 0. The highest BCUT2D eigenvalue weighted by atomic mass is 16.6. The van der Waals surface area contributed by atoms with Gasteiger partial charge in [-0.3, -0.25) is 14.4 Å². The third-order valence-electron chi connectivity index (χ3n) is 12.7. The molecule has 416 valence electrons. The van der Waals surface area contributed by atoms with Crippen LogP contribution in [0, 0.1) is 0 Å². The molecule has 0 radical (unpaired) electrons. The van der Waals surface area contributed by atoms with Crippen molar-refractivity contribution in [3.8, 4) is 0 Å². The Morgan fingerprint density at radius 1 is 0.288 bits per heavy atom. The van der Waals surface area contributed by atoms with Crippen LogP contribution in [0.15, 0.2) is 109 Å². The number of rotatable bonds is 54. The Morgan fingerprint density at radius 3 is 0.836 bits per heavy atom. The molecule has 0 aromatic heterocycles. The molecule has 6 nitrogen and oxygen atoms in total. The molecular formula is C67H112O6. The molecule has 0 amide bonds. The Labute approximate surface area is 450 Å². The van der Waals surface area contributed by atoms with Gasteiger partial charge in [0, 0.05) is 19.3 Å². The average molecular weight is 1010 g/mol. The van der Waals surface area contributed by atoms with Gasteiger partial charge in [0.15, 0.2) is 6.10 Å². The Bertz CT molecular complexity index is 1490. The standard InChI is InChI=1S/C67H112O6/c1-4-7-10-13-16-19-22-25-28-30-31-32-33-34-35-37-39-42-45-48-51-54-57-60-66(69)72-63-64(62-71-65(68)59-56-53-50-47-44-41-38-27-24-21-18-15-12-9-6-3)73-67(70)61-58-55-52-49-46-43-40-36-29-26-23-20-17-14-11-8-5-2/h7,9-10,12,16-21,25-29,31-32,38,64H,4-6,8,11,13-15,22-24,30,33-37,39-63H2,1-3H3/b10-7-,12-9-,19-16-,20-17-,21-18-,28-25-,29-26-,32-31-,38-27-. The minimum absolute atomic E-state index is 0.0900. The molecule has 0 fully saturated rings. The predicted molar refractivity (Wildman–Crippen MR) is 316 cm³/mol. The van der Waals surface area contributed by atoms with Crippen molar-refractivity contribution in [3.63, 3.8) is 0 Å². The summed E-state index contributed by atoms with van der Waals surface area (Å²) in [6.45, 7) is 6.38. The molecule has 0 saturated heterocycles. The highest BCUT2D eigenvalue weighted by Crippen LogP contribution is 2.15. The highest BCUT2D eigenvalue weighted by Gasteiger charge is 2.19. The number of carbonyl (C=O) groups is 3. The van der Waals surface area contributed by atoms with Crippen LogP contribution in [0.3, 0.4) is 0 Å². The molecule has 0 bridgehead atoms. The van der Waals surface area contributed by atoms with Crippen molar-refractivity contribution < 1.29 is 28.6 Å². The first-order chi connectivity index (χ1) is 36.0. The molecule has 0 aliphatic rings. The summed E-state index contributed by atoms with van der Waals surface area (Å²) in [5.74, 6) is -0.915. The lowest BCUT2D eigenvalue weighted by molar-refractivity contribution is -0.167. The van der Waals surface area contributed by atoms with Gasteiger partial charge in [-0.15, -0.1) is 0 Å². The number of hydrogen-bond acceptors (Lipinski definition) is 6. The highest BCUT2D eigenvalue weighted by molar-refractivity contribution is 5.71. The van der Waals surface area contributed by atoms with Gasteiger partial charge in [0.25, 0.3) is 0 Å². The molecule has 0 spiro atoms. The number of carbonyl (C=O) groups excluding carboxylic acids is 3. The second-order valence-corrected chi connectivity index (χ2v) is 19.8. The molecule has 0 aliphatic carbocycles. The van der Waals surface area contributed by atoms with E-state index in [1.54, 1.807) is 0 Å². The third kappa shape index (κ3) is 58.8. The van der Waals surface area contributed by atoms with Gasteiger partial charge in [-0.25, -0.2) is 0 Å². The minimum Gasteiger partial charge on any atom is -0.462 e. The SMILES string of the molecule is CC/C=C\C/C=C\C/C=C\C/C=C\CCCCCCCCCCCCC(=O)OCC(COC(=O)CCCCCCC/C=C\C/C=C\C/C=C\CC)OC(=O)CCCCCCCCC/C=C\C/C=C\CCCCC. The van der Waals surface area contributed by atoms with Crippen molar-refractivity contribution in [1.82, 2.24) is 0 Å². The van der Waals surface area contributed by atoms with Crippen LogP contribution >= 0.6 is 0 Å². The lowest BCUT2D eigenvalue weighted by Gasteiger charge is -2.18. The van der Waals surface area contributed by atoms with Gasteiger partial charge in [-0.1, -0.05) is 246 Å². The number of unbranched alkanes of at least 4 members (excludes halogenated alkanes) is 25. The second kappa shape index (κ2) is 60.6. The van der Waals surface area contributed by atoms with Crippen molar-refractivity contribution in [1.29, 1.82) is 0 Å². The van der Waals surface area contributed by atoms with E-state index < -0.39 is 6.10 Å². The number of esters is 3. The van der Waals surface area contributed by atoms with Crippen molar-refractivity contribution in [2.45, 2.75) is 284 Å². The molecule has 0 aliphatic heterocycles. The van der Waals surface area contributed by atoms with Crippen molar-refractivity contribution >= 4 is 17.9 Å². The van der Waals surface area contributed by atoms with Crippen LogP contribution in [-0.4, -0.2) is 37.2 Å². The molecule has 0 heterocycles. The largest absolute Gasteiger partial charge is 0.462 e. The van der Waals surface area contributed by atoms with Crippen molar-refractivity contribution in [2.75, 3.05) is 13.2 Å². The molecule has 6 heteroatoms. The van der Waals surface area contributed by atoms with E-state index in [9.17, 15) is 14.4 Å². The van der Waals surface area contributed by atoms with E-state index in [0.717, 1.165) is 135 Å². The zero-order valence-corrected chi connectivity index (χ0v) is 47.6. The quantitative estimate of drug-likeness (QED) is 0.0261. The fourth-order valence-corrected chi connectivity index (χ4v) is 8.24. The average Bonchev–Trinajstić information content (AvgIpc) is 3.39. The summed E-state index contributed by atoms with van der Waals surface area (Å²) in [4.78, 5) is 38.3. The van der Waals surface area contributed by atoms with Crippen molar-refractivity contribution in [3.05, 3.63) is 109 Å². The first kappa shape index (κ1) is 69.1. The first-order valence-electron chi connectivity index (χ1n) is 30.4. The zero-order chi connectivity index (χ0) is 52.9. The summed E-state index contributed by atoms with van der Waals surface area (Å²) in [6, 6.07) is 0. The Hall–Kier alpha value is -3.93.